The number of aromatic nitrogens is 1. The molecule has 29 heavy (non-hydrogen) atoms. The average molecular weight is 396 g/mol. The molecule has 1 amide bonds. The van der Waals surface area contributed by atoms with E-state index in [2.05, 4.69) is 4.98 Å². The fraction of sp³-hybridized carbons (Fsp3) is 0.318. The number of aliphatic hydroxyl groups excluding tert-OH is 1. The topological polar surface area (TPSA) is 89.0 Å². The number of hydrogen-bond donors (Lipinski definition) is 1. The summed E-state index contributed by atoms with van der Waals surface area (Å²) in [6.07, 6.45) is 4.07. The molecule has 0 spiro atoms. The number of carbonyl (C=O) groups is 2. The molecule has 2 aromatic rings. The molecule has 1 fully saturated rings. The van der Waals surface area contributed by atoms with E-state index in [9.17, 15) is 14.7 Å². The summed E-state index contributed by atoms with van der Waals surface area (Å²) >= 11 is 0. The molecule has 3 rings (SSSR count). The van der Waals surface area contributed by atoms with E-state index >= 15 is 0 Å². The van der Waals surface area contributed by atoms with Crippen molar-refractivity contribution in [2.75, 3.05) is 26.9 Å². The molecule has 7 heteroatoms. The van der Waals surface area contributed by atoms with E-state index in [4.69, 9.17) is 9.47 Å². The molecular formula is C22H24N2O5. The van der Waals surface area contributed by atoms with Crippen molar-refractivity contribution in [3.8, 4) is 5.75 Å². The van der Waals surface area contributed by atoms with Gasteiger partial charge in [-0.3, -0.25) is 14.6 Å². The van der Waals surface area contributed by atoms with Crippen LogP contribution < -0.4 is 4.74 Å². The van der Waals surface area contributed by atoms with Crippen LogP contribution in [0.2, 0.25) is 0 Å². The van der Waals surface area contributed by atoms with Gasteiger partial charge < -0.3 is 19.5 Å². The van der Waals surface area contributed by atoms with Crippen molar-refractivity contribution in [2.24, 2.45) is 0 Å². The molecule has 0 saturated carbocycles. The van der Waals surface area contributed by atoms with Crippen molar-refractivity contribution in [3.63, 3.8) is 0 Å². The minimum Gasteiger partial charge on any atom is -0.507 e. The number of pyridine rings is 1. The minimum absolute atomic E-state index is 0.0551. The van der Waals surface area contributed by atoms with Gasteiger partial charge in [-0.2, -0.15) is 0 Å². The molecule has 1 aliphatic heterocycles. The standard InChI is InChI=1S/C22H24N2O5/c1-3-13-29-17-6-4-16(5-7-17)20(25)18-19(15-8-10-23-11-9-15)24(12-14-28-2)22(27)21(18)26/h4-11,19,25H,3,12-14H2,1-2H3/b20-18+/t19-/m1/s1. The monoisotopic (exact) mass is 396 g/mol. The first-order valence-electron chi connectivity index (χ1n) is 9.49. The lowest BCUT2D eigenvalue weighted by Crippen LogP contribution is -2.32. The Balaban J connectivity index is 2.03. The molecule has 2 heterocycles. The van der Waals surface area contributed by atoms with Gasteiger partial charge in [-0.05, 0) is 48.4 Å². The van der Waals surface area contributed by atoms with Crippen LogP contribution in [0.3, 0.4) is 0 Å². The summed E-state index contributed by atoms with van der Waals surface area (Å²) < 4.78 is 10.6. The number of carbonyl (C=O) groups excluding carboxylic acids is 2. The van der Waals surface area contributed by atoms with Gasteiger partial charge in [-0.1, -0.05) is 6.92 Å². The summed E-state index contributed by atoms with van der Waals surface area (Å²) in [5.74, 6) is -0.915. The zero-order chi connectivity index (χ0) is 20.8. The molecule has 0 radical (unpaired) electrons. The first kappa shape index (κ1) is 20.5. The Hall–Kier alpha value is -3.19. The maximum atomic E-state index is 12.8. The highest BCUT2D eigenvalue weighted by atomic mass is 16.5. The normalized spacial score (nSPS) is 18.3. The van der Waals surface area contributed by atoms with Crippen molar-refractivity contribution >= 4 is 17.4 Å². The van der Waals surface area contributed by atoms with Gasteiger partial charge in [0, 0.05) is 31.6 Å². The fourth-order valence-corrected chi connectivity index (χ4v) is 3.28. The van der Waals surface area contributed by atoms with Gasteiger partial charge in [0.25, 0.3) is 11.7 Å². The molecule has 152 valence electrons. The van der Waals surface area contributed by atoms with Gasteiger partial charge in [0.15, 0.2) is 0 Å². The number of Topliss-reactive ketones (excluding diaryl/α,β-unsaturated/α-hetero) is 1. The van der Waals surface area contributed by atoms with Crippen LogP contribution in [0.5, 0.6) is 5.75 Å². The Morgan fingerprint density at radius 3 is 2.41 bits per heavy atom. The Labute approximate surface area is 169 Å². The average Bonchev–Trinajstić information content (AvgIpc) is 3.01. The van der Waals surface area contributed by atoms with Crippen LogP contribution in [0.1, 0.15) is 30.5 Å². The molecule has 1 aromatic heterocycles. The summed E-state index contributed by atoms with van der Waals surface area (Å²) in [6, 6.07) is 9.56. The Morgan fingerprint density at radius 2 is 1.79 bits per heavy atom. The van der Waals surface area contributed by atoms with Crippen molar-refractivity contribution < 1.29 is 24.2 Å². The first-order valence-corrected chi connectivity index (χ1v) is 9.49. The van der Waals surface area contributed by atoms with Crippen LogP contribution in [0.15, 0.2) is 54.4 Å². The summed E-state index contributed by atoms with van der Waals surface area (Å²) in [7, 11) is 1.53. The lowest BCUT2D eigenvalue weighted by molar-refractivity contribution is -0.140. The Kier molecular flexibility index (Phi) is 6.61. The van der Waals surface area contributed by atoms with E-state index < -0.39 is 17.7 Å². The quantitative estimate of drug-likeness (QED) is 0.419. The number of likely N-dealkylation sites (tertiary alicyclic amines) is 1. The number of rotatable bonds is 8. The fourth-order valence-electron chi connectivity index (χ4n) is 3.28. The second-order valence-corrected chi connectivity index (χ2v) is 6.64. The van der Waals surface area contributed by atoms with Crippen LogP contribution in [0.4, 0.5) is 0 Å². The largest absolute Gasteiger partial charge is 0.507 e. The van der Waals surface area contributed by atoms with Gasteiger partial charge >= 0.3 is 0 Å². The maximum Gasteiger partial charge on any atom is 0.295 e. The molecule has 1 atom stereocenters. The summed E-state index contributed by atoms with van der Waals surface area (Å²) in [6.45, 7) is 3.12. The third kappa shape index (κ3) is 4.30. The van der Waals surface area contributed by atoms with Crippen LogP contribution in [-0.4, -0.2) is 53.5 Å². The minimum atomic E-state index is -0.716. The van der Waals surface area contributed by atoms with Crippen LogP contribution in [-0.2, 0) is 14.3 Å². The highest BCUT2D eigenvalue weighted by Crippen LogP contribution is 2.39. The summed E-state index contributed by atoms with van der Waals surface area (Å²) in [4.78, 5) is 30.9. The van der Waals surface area contributed by atoms with Crippen LogP contribution in [0.25, 0.3) is 5.76 Å². The Morgan fingerprint density at radius 1 is 1.10 bits per heavy atom. The van der Waals surface area contributed by atoms with Crippen LogP contribution >= 0.6 is 0 Å². The van der Waals surface area contributed by atoms with E-state index in [0.29, 0.717) is 23.5 Å². The zero-order valence-electron chi connectivity index (χ0n) is 16.5. The summed E-state index contributed by atoms with van der Waals surface area (Å²) in [5.41, 5.74) is 1.19. The number of methoxy groups -OCH3 is 1. The number of amides is 1. The maximum absolute atomic E-state index is 12.8. The van der Waals surface area contributed by atoms with Gasteiger partial charge in [0.2, 0.25) is 0 Å². The molecule has 1 N–H and O–H groups in total. The molecular weight excluding hydrogens is 372 g/mol. The lowest BCUT2D eigenvalue weighted by Gasteiger charge is -2.24. The van der Waals surface area contributed by atoms with Gasteiger partial charge in [-0.15, -0.1) is 0 Å². The van der Waals surface area contributed by atoms with Crippen molar-refractivity contribution in [2.45, 2.75) is 19.4 Å². The first-order chi connectivity index (χ1) is 14.1. The van der Waals surface area contributed by atoms with Gasteiger partial charge in [0.1, 0.15) is 11.5 Å². The molecule has 1 saturated heterocycles. The van der Waals surface area contributed by atoms with Crippen molar-refractivity contribution in [1.82, 2.24) is 9.88 Å². The predicted octanol–water partition coefficient (Wildman–Crippen LogP) is 2.94. The van der Waals surface area contributed by atoms with E-state index in [1.165, 1.54) is 12.0 Å². The third-order valence-electron chi connectivity index (χ3n) is 4.70. The number of nitrogens with zero attached hydrogens (tertiary/aromatic N) is 2. The van der Waals surface area contributed by atoms with Gasteiger partial charge in [0.05, 0.1) is 24.8 Å². The highest BCUT2D eigenvalue weighted by molar-refractivity contribution is 6.46. The molecule has 0 aliphatic carbocycles. The molecule has 0 unspecified atom stereocenters. The molecule has 7 nitrogen and oxygen atoms in total. The number of ether oxygens (including phenoxy) is 2. The molecule has 1 aliphatic rings. The van der Waals surface area contributed by atoms with Crippen LogP contribution in [0, 0.1) is 0 Å². The molecule has 0 bridgehead atoms. The Bertz CT molecular complexity index is 893. The smallest absolute Gasteiger partial charge is 0.295 e. The zero-order valence-corrected chi connectivity index (χ0v) is 16.5. The van der Waals surface area contributed by atoms with E-state index in [1.807, 2.05) is 6.92 Å². The molecule has 1 aromatic carbocycles. The van der Waals surface area contributed by atoms with E-state index in [0.717, 1.165) is 6.42 Å². The number of hydrogen-bond acceptors (Lipinski definition) is 6. The van der Waals surface area contributed by atoms with E-state index in [1.54, 1.807) is 48.8 Å². The second-order valence-electron chi connectivity index (χ2n) is 6.64. The lowest BCUT2D eigenvalue weighted by atomic mass is 9.96. The number of aliphatic hydroxyl groups is 1. The summed E-state index contributed by atoms with van der Waals surface area (Å²) in [5, 5.41) is 10.9. The SMILES string of the molecule is CCCOc1ccc(/C(O)=C2\C(=O)C(=O)N(CCOC)[C@@H]2c2ccncc2)cc1. The second kappa shape index (κ2) is 9.34. The van der Waals surface area contributed by atoms with Crippen molar-refractivity contribution in [3.05, 3.63) is 65.5 Å². The van der Waals surface area contributed by atoms with E-state index in [-0.39, 0.29) is 24.5 Å². The third-order valence-corrected chi connectivity index (χ3v) is 4.70. The van der Waals surface area contributed by atoms with Gasteiger partial charge in [-0.25, -0.2) is 0 Å². The van der Waals surface area contributed by atoms with Crippen molar-refractivity contribution in [1.29, 1.82) is 0 Å². The predicted molar refractivity (Wildman–Crippen MR) is 107 cm³/mol. The highest BCUT2D eigenvalue weighted by Gasteiger charge is 2.45. The number of benzene rings is 1. The number of ketones is 1.